The zero-order chi connectivity index (χ0) is 11.3. The van der Waals surface area contributed by atoms with Crippen molar-refractivity contribution < 1.29 is 8.42 Å². The van der Waals surface area contributed by atoms with Crippen LogP contribution in [0.25, 0.3) is 0 Å². The second-order valence-electron chi connectivity index (χ2n) is 3.47. The monoisotopic (exact) mass is 247 g/mol. The van der Waals surface area contributed by atoms with Gasteiger partial charge < -0.3 is 0 Å². The Labute approximate surface area is 95.6 Å². The number of nitrogens with one attached hydrogen (secondary N) is 1. The van der Waals surface area contributed by atoms with Crippen LogP contribution in [0.1, 0.15) is 31.1 Å². The van der Waals surface area contributed by atoms with Gasteiger partial charge in [0, 0.05) is 11.4 Å². The van der Waals surface area contributed by atoms with Gasteiger partial charge in [0.05, 0.1) is 0 Å². The molecule has 0 radical (unpaired) electrons. The summed E-state index contributed by atoms with van der Waals surface area (Å²) < 4.78 is 26.4. The Morgan fingerprint density at radius 1 is 1.33 bits per heavy atom. The van der Waals surface area contributed by atoms with Crippen LogP contribution in [0.2, 0.25) is 0 Å². The van der Waals surface area contributed by atoms with Gasteiger partial charge in [0.1, 0.15) is 4.21 Å². The van der Waals surface area contributed by atoms with Gasteiger partial charge in [-0.15, -0.1) is 11.3 Å². The minimum absolute atomic E-state index is 0.413. The molecule has 5 heteroatoms. The molecule has 0 saturated heterocycles. The van der Waals surface area contributed by atoms with E-state index in [0.717, 1.165) is 24.1 Å². The van der Waals surface area contributed by atoms with Crippen LogP contribution in [0.5, 0.6) is 0 Å². The van der Waals surface area contributed by atoms with Gasteiger partial charge in [-0.25, -0.2) is 13.1 Å². The van der Waals surface area contributed by atoms with Crippen LogP contribution >= 0.6 is 11.3 Å². The van der Waals surface area contributed by atoms with Crippen molar-refractivity contribution >= 4 is 21.4 Å². The lowest BCUT2D eigenvalue weighted by Crippen LogP contribution is -2.23. The minimum Gasteiger partial charge on any atom is -0.210 e. The summed E-state index contributed by atoms with van der Waals surface area (Å²) in [7, 11) is -3.25. The summed E-state index contributed by atoms with van der Waals surface area (Å²) in [6.07, 6.45) is 3.06. The average Bonchev–Trinajstić information content (AvgIpc) is 2.60. The molecule has 1 rings (SSSR count). The Morgan fingerprint density at radius 3 is 2.60 bits per heavy atom. The molecule has 0 amide bonds. The lowest BCUT2D eigenvalue weighted by molar-refractivity contribution is 0.578. The molecule has 1 N–H and O–H groups in total. The molecule has 1 aromatic heterocycles. The standard InChI is InChI=1S/C10H17NO2S2/c1-3-4-5-8-11-15(12,13)10-7-6-9(2)14-10/h6-7,11H,3-5,8H2,1-2H3. The third kappa shape index (κ3) is 3.93. The molecule has 86 valence electrons. The first-order valence-corrected chi connectivity index (χ1v) is 7.42. The number of aryl methyl sites for hydroxylation is 1. The van der Waals surface area contributed by atoms with Crippen molar-refractivity contribution in [3.63, 3.8) is 0 Å². The largest absolute Gasteiger partial charge is 0.250 e. The van der Waals surface area contributed by atoms with E-state index >= 15 is 0 Å². The summed E-state index contributed by atoms with van der Waals surface area (Å²) in [4.78, 5) is 1.02. The van der Waals surface area contributed by atoms with Gasteiger partial charge in [-0.3, -0.25) is 0 Å². The Hall–Kier alpha value is -0.390. The summed E-state index contributed by atoms with van der Waals surface area (Å²) in [6, 6.07) is 3.48. The first-order valence-electron chi connectivity index (χ1n) is 5.12. The molecule has 15 heavy (non-hydrogen) atoms. The molecule has 0 aromatic carbocycles. The van der Waals surface area contributed by atoms with E-state index in [1.807, 2.05) is 13.0 Å². The van der Waals surface area contributed by atoms with Crippen LogP contribution < -0.4 is 4.72 Å². The van der Waals surface area contributed by atoms with Gasteiger partial charge in [-0.05, 0) is 25.5 Å². The van der Waals surface area contributed by atoms with Crippen molar-refractivity contribution in [2.24, 2.45) is 0 Å². The topological polar surface area (TPSA) is 46.2 Å². The Morgan fingerprint density at radius 2 is 2.07 bits per heavy atom. The van der Waals surface area contributed by atoms with Crippen molar-refractivity contribution in [1.29, 1.82) is 0 Å². The van der Waals surface area contributed by atoms with E-state index in [1.54, 1.807) is 6.07 Å². The molecule has 0 spiro atoms. The Balaban J connectivity index is 2.53. The summed E-state index contributed by atoms with van der Waals surface area (Å²) in [5.41, 5.74) is 0. The number of hydrogen-bond acceptors (Lipinski definition) is 3. The van der Waals surface area contributed by atoms with Crippen LogP contribution in [0.3, 0.4) is 0 Å². The van der Waals surface area contributed by atoms with E-state index in [9.17, 15) is 8.42 Å². The number of rotatable bonds is 6. The van der Waals surface area contributed by atoms with Crippen molar-refractivity contribution in [2.45, 2.75) is 37.3 Å². The maximum Gasteiger partial charge on any atom is 0.250 e. The Kier molecular flexibility index (Phi) is 4.76. The van der Waals surface area contributed by atoms with Crippen molar-refractivity contribution in [2.75, 3.05) is 6.54 Å². The van der Waals surface area contributed by atoms with E-state index < -0.39 is 10.0 Å². The average molecular weight is 247 g/mol. The molecule has 0 aliphatic rings. The fourth-order valence-corrected chi connectivity index (χ4v) is 3.61. The molecule has 0 unspecified atom stereocenters. The maximum absolute atomic E-state index is 11.7. The number of unbranched alkanes of at least 4 members (excludes halogenated alkanes) is 2. The van der Waals surface area contributed by atoms with E-state index in [1.165, 1.54) is 11.3 Å². The van der Waals surface area contributed by atoms with Crippen LogP contribution in [-0.4, -0.2) is 15.0 Å². The van der Waals surface area contributed by atoms with E-state index in [4.69, 9.17) is 0 Å². The van der Waals surface area contributed by atoms with Crippen LogP contribution in [0.15, 0.2) is 16.3 Å². The number of hydrogen-bond donors (Lipinski definition) is 1. The first kappa shape index (κ1) is 12.7. The minimum atomic E-state index is -3.25. The molecule has 0 bridgehead atoms. The lowest BCUT2D eigenvalue weighted by Gasteiger charge is -2.03. The van der Waals surface area contributed by atoms with Crippen molar-refractivity contribution in [3.05, 3.63) is 17.0 Å². The van der Waals surface area contributed by atoms with Gasteiger partial charge in [-0.1, -0.05) is 19.8 Å². The van der Waals surface area contributed by atoms with Crippen LogP contribution in [0.4, 0.5) is 0 Å². The summed E-state index contributed by atoms with van der Waals surface area (Å²) in [6.45, 7) is 4.53. The molecular formula is C10H17NO2S2. The normalized spacial score (nSPS) is 11.9. The zero-order valence-electron chi connectivity index (χ0n) is 9.12. The third-order valence-electron chi connectivity index (χ3n) is 2.05. The van der Waals surface area contributed by atoms with E-state index in [2.05, 4.69) is 11.6 Å². The van der Waals surface area contributed by atoms with Crippen molar-refractivity contribution in [1.82, 2.24) is 4.72 Å². The highest BCUT2D eigenvalue weighted by atomic mass is 32.2. The van der Waals surface area contributed by atoms with Gasteiger partial charge in [-0.2, -0.15) is 0 Å². The molecule has 0 aliphatic carbocycles. The molecule has 1 heterocycles. The summed E-state index contributed by atoms with van der Waals surface area (Å²) >= 11 is 1.31. The number of thiophene rings is 1. The summed E-state index contributed by atoms with van der Waals surface area (Å²) in [5.74, 6) is 0. The smallest absolute Gasteiger partial charge is 0.210 e. The highest BCUT2D eigenvalue weighted by Gasteiger charge is 2.14. The van der Waals surface area contributed by atoms with E-state index in [0.29, 0.717) is 10.8 Å². The highest BCUT2D eigenvalue weighted by molar-refractivity contribution is 7.91. The molecule has 0 aliphatic heterocycles. The molecule has 0 atom stereocenters. The number of sulfonamides is 1. The van der Waals surface area contributed by atoms with Gasteiger partial charge in [0.2, 0.25) is 10.0 Å². The molecule has 0 fully saturated rings. The fourth-order valence-electron chi connectivity index (χ4n) is 1.21. The predicted molar refractivity (Wildman–Crippen MR) is 63.8 cm³/mol. The zero-order valence-corrected chi connectivity index (χ0v) is 10.7. The summed E-state index contributed by atoms with van der Waals surface area (Å²) in [5, 5.41) is 0. The Bertz CT molecular complexity index is 395. The van der Waals surface area contributed by atoms with Gasteiger partial charge in [0.15, 0.2) is 0 Å². The van der Waals surface area contributed by atoms with Crippen LogP contribution in [0, 0.1) is 6.92 Å². The van der Waals surface area contributed by atoms with E-state index in [-0.39, 0.29) is 0 Å². The van der Waals surface area contributed by atoms with Gasteiger partial charge in [0.25, 0.3) is 0 Å². The second kappa shape index (κ2) is 5.63. The van der Waals surface area contributed by atoms with Crippen molar-refractivity contribution in [3.8, 4) is 0 Å². The molecule has 0 saturated carbocycles. The van der Waals surface area contributed by atoms with Crippen LogP contribution in [-0.2, 0) is 10.0 Å². The lowest BCUT2D eigenvalue weighted by atomic mass is 10.3. The fraction of sp³-hybridized carbons (Fsp3) is 0.600. The molecule has 3 nitrogen and oxygen atoms in total. The van der Waals surface area contributed by atoms with Gasteiger partial charge >= 0.3 is 0 Å². The quantitative estimate of drug-likeness (QED) is 0.785. The molecular weight excluding hydrogens is 230 g/mol. The molecule has 1 aromatic rings. The predicted octanol–water partition coefficient (Wildman–Crippen LogP) is 2.53. The first-order chi connectivity index (χ1) is 7.06. The second-order valence-corrected chi connectivity index (χ2v) is 6.75. The maximum atomic E-state index is 11.7. The third-order valence-corrected chi connectivity index (χ3v) is 5.01. The SMILES string of the molecule is CCCCCNS(=O)(=O)c1ccc(C)s1. The highest BCUT2D eigenvalue weighted by Crippen LogP contribution is 2.20.